The Morgan fingerprint density at radius 3 is 2.82 bits per heavy atom. The fraction of sp³-hybridized carbons (Fsp3) is 0.600. The average molecular weight is 249 g/mol. The lowest BCUT2D eigenvalue weighted by Gasteiger charge is -2.15. The van der Waals surface area contributed by atoms with E-state index in [-0.39, 0.29) is 0 Å². The van der Waals surface area contributed by atoms with E-state index < -0.39 is 0 Å². The molecule has 1 saturated carbocycles. The van der Waals surface area contributed by atoms with Crippen LogP contribution in [0, 0.1) is 12.8 Å². The van der Waals surface area contributed by atoms with Gasteiger partial charge < -0.3 is 5.73 Å². The quantitative estimate of drug-likeness (QED) is 0.798. The van der Waals surface area contributed by atoms with Crippen molar-refractivity contribution >= 4 is 11.8 Å². The molecule has 1 nitrogen and oxygen atoms in total. The Balaban J connectivity index is 1.73. The Kier molecular flexibility index (Phi) is 4.93. The summed E-state index contributed by atoms with van der Waals surface area (Å²) in [6, 6.07) is 9.05. The SMILES string of the molecule is Cc1cccc(SCC(N)CC2CCCC2)c1. The molecule has 0 amide bonds. The molecule has 2 N–H and O–H groups in total. The van der Waals surface area contributed by atoms with Crippen LogP contribution in [0.2, 0.25) is 0 Å². The summed E-state index contributed by atoms with van der Waals surface area (Å²) >= 11 is 1.90. The highest BCUT2D eigenvalue weighted by molar-refractivity contribution is 7.99. The summed E-state index contributed by atoms with van der Waals surface area (Å²) in [6.45, 7) is 2.14. The summed E-state index contributed by atoms with van der Waals surface area (Å²) in [5, 5.41) is 0. The van der Waals surface area contributed by atoms with E-state index in [1.807, 2.05) is 11.8 Å². The number of hydrogen-bond donors (Lipinski definition) is 1. The van der Waals surface area contributed by atoms with Crippen molar-refractivity contribution in [3.8, 4) is 0 Å². The summed E-state index contributed by atoms with van der Waals surface area (Å²) in [7, 11) is 0. The minimum atomic E-state index is 0.364. The molecule has 0 radical (unpaired) electrons. The Labute approximate surface area is 109 Å². The van der Waals surface area contributed by atoms with Gasteiger partial charge in [0, 0.05) is 16.7 Å². The Morgan fingerprint density at radius 2 is 2.12 bits per heavy atom. The Bertz CT molecular complexity index is 345. The highest BCUT2D eigenvalue weighted by atomic mass is 32.2. The Morgan fingerprint density at radius 1 is 1.35 bits per heavy atom. The zero-order chi connectivity index (χ0) is 12.1. The maximum absolute atomic E-state index is 6.22. The predicted octanol–water partition coefficient (Wildman–Crippen LogP) is 3.99. The maximum Gasteiger partial charge on any atom is 0.0136 e. The van der Waals surface area contributed by atoms with Gasteiger partial charge in [0.05, 0.1) is 0 Å². The van der Waals surface area contributed by atoms with Crippen LogP contribution in [0.5, 0.6) is 0 Å². The third-order valence-corrected chi connectivity index (χ3v) is 4.75. The first-order valence-corrected chi connectivity index (χ1v) is 7.67. The van der Waals surface area contributed by atoms with E-state index in [4.69, 9.17) is 5.73 Å². The van der Waals surface area contributed by atoms with Gasteiger partial charge in [-0.1, -0.05) is 43.4 Å². The second kappa shape index (κ2) is 6.46. The van der Waals surface area contributed by atoms with E-state index in [9.17, 15) is 0 Å². The smallest absolute Gasteiger partial charge is 0.0136 e. The molecular formula is C15H23NS. The number of hydrogen-bond acceptors (Lipinski definition) is 2. The number of nitrogens with two attached hydrogens (primary N) is 1. The van der Waals surface area contributed by atoms with Gasteiger partial charge in [-0.05, 0) is 31.4 Å². The van der Waals surface area contributed by atoms with Crippen LogP contribution in [-0.2, 0) is 0 Å². The lowest BCUT2D eigenvalue weighted by atomic mass is 10.00. The van der Waals surface area contributed by atoms with E-state index in [1.54, 1.807) is 0 Å². The molecule has 1 aliphatic rings. The molecule has 1 atom stereocenters. The first kappa shape index (κ1) is 13.0. The van der Waals surface area contributed by atoms with E-state index in [1.165, 1.54) is 42.6 Å². The molecule has 0 aliphatic heterocycles. The maximum atomic E-state index is 6.22. The van der Waals surface area contributed by atoms with Gasteiger partial charge in [-0.25, -0.2) is 0 Å². The van der Waals surface area contributed by atoms with Gasteiger partial charge in [0.2, 0.25) is 0 Å². The van der Waals surface area contributed by atoms with Gasteiger partial charge in [0.1, 0.15) is 0 Å². The largest absolute Gasteiger partial charge is 0.327 e. The van der Waals surface area contributed by atoms with Crippen molar-refractivity contribution in [2.75, 3.05) is 5.75 Å². The third kappa shape index (κ3) is 4.36. The number of benzene rings is 1. The number of rotatable bonds is 5. The van der Waals surface area contributed by atoms with E-state index in [2.05, 4.69) is 31.2 Å². The second-order valence-electron chi connectivity index (χ2n) is 5.27. The van der Waals surface area contributed by atoms with E-state index >= 15 is 0 Å². The topological polar surface area (TPSA) is 26.0 Å². The monoisotopic (exact) mass is 249 g/mol. The summed E-state index contributed by atoms with van der Waals surface area (Å²) in [6.07, 6.45) is 6.87. The summed E-state index contributed by atoms with van der Waals surface area (Å²) in [5.41, 5.74) is 7.55. The van der Waals surface area contributed by atoms with Crippen LogP contribution < -0.4 is 5.73 Å². The van der Waals surface area contributed by atoms with Gasteiger partial charge in [0.25, 0.3) is 0 Å². The summed E-state index contributed by atoms with van der Waals surface area (Å²) in [5.74, 6) is 1.96. The van der Waals surface area contributed by atoms with Crippen molar-refractivity contribution < 1.29 is 0 Å². The van der Waals surface area contributed by atoms with Crippen LogP contribution >= 0.6 is 11.8 Å². The molecule has 1 unspecified atom stereocenters. The van der Waals surface area contributed by atoms with Crippen molar-refractivity contribution in [2.24, 2.45) is 11.7 Å². The highest BCUT2D eigenvalue weighted by Crippen LogP contribution is 2.29. The second-order valence-corrected chi connectivity index (χ2v) is 6.37. The van der Waals surface area contributed by atoms with Crippen molar-refractivity contribution in [3.05, 3.63) is 29.8 Å². The van der Waals surface area contributed by atoms with Crippen LogP contribution in [0.1, 0.15) is 37.7 Å². The standard InChI is InChI=1S/C15H23NS/c1-12-5-4-8-15(9-12)17-11-14(16)10-13-6-2-3-7-13/h4-5,8-9,13-14H,2-3,6-7,10-11,16H2,1H3. The molecule has 1 aliphatic carbocycles. The highest BCUT2D eigenvalue weighted by Gasteiger charge is 2.17. The lowest BCUT2D eigenvalue weighted by molar-refractivity contribution is 0.462. The predicted molar refractivity (Wildman–Crippen MR) is 76.5 cm³/mol. The number of thioether (sulfide) groups is 1. The molecule has 0 spiro atoms. The molecule has 1 aromatic carbocycles. The Hall–Kier alpha value is -0.470. The zero-order valence-electron chi connectivity index (χ0n) is 10.7. The summed E-state index contributed by atoms with van der Waals surface area (Å²) < 4.78 is 0. The zero-order valence-corrected chi connectivity index (χ0v) is 11.5. The van der Waals surface area contributed by atoms with Gasteiger partial charge in [0.15, 0.2) is 0 Å². The van der Waals surface area contributed by atoms with Crippen molar-refractivity contribution in [1.82, 2.24) is 0 Å². The van der Waals surface area contributed by atoms with Gasteiger partial charge >= 0.3 is 0 Å². The normalized spacial score (nSPS) is 18.5. The summed E-state index contributed by atoms with van der Waals surface area (Å²) in [4.78, 5) is 1.35. The lowest BCUT2D eigenvalue weighted by Crippen LogP contribution is -2.25. The fourth-order valence-electron chi connectivity index (χ4n) is 2.65. The van der Waals surface area contributed by atoms with Gasteiger partial charge in [-0.2, -0.15) is 0 Å². The third-order valence-electron chi connectivity index (χ3n) is 3.56. The van der Waals surface area contributed by atoms with Crippen LogP contribution in [-0.4, -0.2) is 11.8 Å². The molecule has 94 valence electrons. The first-order chi connectivity index (χ1) is 8.24. The van der Waals surface area contributed by atoms with Crippen molar-refractivity contribution in [3.63, 3.8) is 0 Å². The molecule has 2 rings (SSSR count). The molecule has 1 aromatic rings. The minimum Gasteiger partial charge on any atom is -0.327 e. The van der Waals surface area contributed by atoms with Crippen LogP contribution in [0.15, 0.2) is 29.2 Å². The van der Waals surface area contributed by atoms with Gasteiger partial charge in [-0.15, -0.1) is 11.8 Å². The van der Waals surface area contributed by atoms with Crippen LogP contribution in [0.4, 0.5) is 0 Å². The average Bonchev–Trinajstić information content (AvgIpc) is 2.79. The molecule has 0 bridgehead atoms. The first-order valence-electron chi connectivity index (χ1n) is 6.69. The van der Waals surface area contributed by atoms with Crippen LogP contribution in [0.25, 0.3) is 0 Å². The van der Waals surface area contributed by atoms with Crippen molar-refractivity contribution in [2.45, 2.75) is 50.0 Å². The molecule has 1 fully saturated rings. The van der Waals surface area contributed by atoms with Crippen molar-refractivity contribution in [1.29, 1.82) is 0 Å². The van der Waals surface area contributed by atoms with Gasteiger partial charge in [-0.3, -0.25) is 0 Å². The van der Waals surface area contributed by atoms with E-state index in [0.717, 1.165) is 11.7 Å². The molecular weight excluding hydrogens is 226 g/mol. The minimum absolute atomic E-state index is 0.364. The fourth-order valence-corrected chi connectivity index (χ4v) is 3.64. The molecule has 0 aromatic heterocycles. The molecule has 17 heavy (non-hydrogen) atoms. The molecule has 0 saturated heterocycles. The van der Waals surface area contributed by atoms with E-state index in [0.29, 0.717) is 6.04 Å². The van der Waals surface area contributed by atoms with Crippen LogP contribution in [0.3, 0.4) is 0 Å². The molecule has 0 heterocycles. The number of aryl methyl sites for hydroxylation is 1. The molecule has 2 heteroatoms.